The van der Waals surface area contributed by atoms with E-state index >= 15 is 0 Å². The number of amides is 2. The number of anilines is 1. The number of carbonyl (C=O) groups excluding carboxylic acids is 1. The Hall–Kier alpha value is -2.04. The smallest absolute Gasteiger partial charge is 0.326 e. The van der Waals surface area contributed by atoms with Gasteiger partial charge in [-0.3, -0.25) is 4.90 Å². The maximum absolute atomic E-state index is 12.3. The quantitative estimate of drug-likeness (QED) is 0.870. The van der Waals surface area contributed by atoms with Crippen molar-refractivity contribution in [2.45, 2.75) is 33.2 Å². The number of aliphatic carboxylic acids is 1. The second kappa shape index (κ2) is 5.15. The van der Waals surface area contributed by atoms with Crippen LogP contribution in [0.3, 0.4) is 0 Å². The summed E-state index contributed by atoms with van der Waals surface area (Å²) in [7, 11) is 0. The van der Waals surface area contributed by atoms with Crippen molar-refractivity contribution in [3.8, 4) is 0 Å². The molecule has 2 N–H and O–H groups in total. The molecular weight excluding hydrogens is 256 g/mol. The molecule has 1 aliphatic rings. The number of carboxylic acid groups (broad SMARTS) is 1. The number of nitrogens with one attached hydrogen (secondary N) is 1. The van der Waals surface area contributed by atoms with Crippen LogP contribution in [0.2, 0.25) is 0 Å². The topological polar surface area (TPSA) is 69.6 Å². The first-order valence-electron chi connectivity index (χ1n) is 6.69. The van der Waals surface area contributed by atoms with Gasteiger partial charge in [0, 0.05) is 12.2 Å². The van der Waals surface area contributed by atoms with Crippen molar-refractivity contribution in [2.75, 3.05) is 11.4 Å². The van der Waals surface area contributed by atoms with Gasteiger partial charge in [0.15, 0.2) is 0 Å². The molecule has 1 aliphatic heterocycles. The Morgan fingerprint density at radius 1 is 1.30 bits per heavy atom. The third-order valence-corrected chi connectivity index (χ3v) is 3.51. The van der Waals surface area contributed by atoms with Gasteiger partial charge in [-0.25, -0.2) is 9.59 Å². The molecule has 108 valence electrons. The van der Waals surface area contributed by atoms with E-state index in [1.807, 2.05) is 24.3 Å². The molecule has 1 aromatic rings. The molecule has 0 spiro atoms. The van der Waals surface area contributed by atoms with E-state index < -0.39 is 17.4 Å². The fourth-order valence-electron chi connectivity index (χ4n) is 2.40. The fraction of sp³-hybridized carbons (Fsp3) is 0.467. The molecule has 1 unspecified atom stereocenters. The van der Waals surface area contributed by atoms with E-state index in [2.05, 4.69) is 5.32 Å². The maximum Gasteiger partial charge on any atom is 0.326 e. The summed E-state index contributed by atoms with van der Waals surface area (Å²) in [5, 5.41) is 11.9. The molecule has 2 amide bonds. The predicted octanol–water partition coefficient (Wildman–Crippen LogP) is 2.26. The summed E-state index contributed by atoms with van der Waals surface area (Å²) in [6.07, 6.45) is 0.802. The highest BCUT2D eigenvalue weighted by Crippen LogP contribution is 2.28. The van der Waals surface area contributed by atoms with Crippen molar-refractivity contribution < 1.29 is 14.7 Å². The molecule has 2 rings (SSSR count). The number of nitrogens with zero attached hydrogens (tertiary/aromatic N) is 1. The number of urea groups is 1. The molecule has 0 saturated carbocycles. The van der Waals surface area contributed by atoms with Gasteiger partial charge in [0.25, 0.3) is 0 Å². The maximum atomic E-state index is 12.3. The molecule has 1 heterocycles. The van der Waals surface area contributed by atoms with Gasteiger partial charge in [-0.2, -0.15) is 0 Å². The standard InChI is InChI=1S/C15H20N2O3/c1-15(2,3)12(13(18)19)16-14(20)17-9-8-10-6-4-5-7-11(10)17/h4-7,12H,8-9H2,1-3H3,(H,16,20)(H,18,19). The summed E-state index contributed by atoms with van der Waals surface area (Å²) in [5.74, 6) is -1.02. The van der Waals surface area contributed by atoms with E-state index in [1.165, 1.54) is 0 Å². The van der Waals surface area contributed by atoms with Crippen molar-refractivity contribution in [2.24, 2.45) is 5.41 Å². The number of para-hydroxylation sites is 1. The van der Waals surface area contributed by atoms with Crippen molar-refractivity contribution in [3.63, 3.8) is 0 Å². The lowest BCUT2D eigenvalue weighted by Gasteiger charge is -2.29. The molecule has 1 atom stereocenters. The minimum atomic E-state index is -1.02. The van der Waals surface area contributed by atoms with Gasteiger partial charge in [-0.05, 0) is 23.5 Å². The molecule has 0 radical (unpaired) electrons. The van der Waals surface area contributed by atoms with Crippen LogP contribution in [-0.4, -0.2) is 29.7 Å². The van der Waals surface area contributed by atoms with Crippen LogP contribution in [-0.2, 0) is 11.2 Å². The summed E-state index contributed by atoms with van der Waals surface area (Å²) < 4.78 is 0. The van der Waals surface area contributed by atoms with E-state index in [0.29, 0.717) is 6.54 Å². The third-order valence-electron chi connectivity index (χ3n) is 3.51. The van der Waals surface area contributed by atoms with Crippen LogP contribution in [0, 0.1) is 5.41 Å². The summed E-state index contributed by atoms with van der Waals surface area (Å²) in [5.41, 5.74) is 1.44. The van der Waals surface area contributed by atoms with Gasteiger partial charge >= 0.3 is 12.0 Å². The van der Waals surface area contributed by atoms with Crippen LogP contribution < -0.4 is 10.2 Å². The molecular formula is C15H20N2O3. The van der Waals surface area contributed by atoms with Gasteiger partial charge < -0.3 is 10.4 Å². The van der Waals surface area contributed by atoms with E-state index in [9.17, 15) is 14.7 Å². The molecule has 5 nitrogen and oxygen atoms in total. The summed E-state index contributed by atoms with van der Waals surface area (Å²) >= 11 is 0. The van der Waals surface area contributed by atoms with Gasteiger partial charge in [-0.15, -0.1) is 0 Å². The summed E-state index contributed by atoms with van der Waals surface area (Å²) in [4.78, 5) is 25.2. The normalized spacial score (nSPS) is 15.7. The first kappa shape index (κ1) is 14.4. The second-order valence-electron chi connectivity index (χ2n) is 6.12. The highest BCUT2D eigenvalue weighted by molar-refractivity contribution is 5.96. The van der Waals surface area contributed by atoms with E-state index in [4.69, 9.17) is 0 Å². The van der Waals surface area contributed by atoms with Crippen molar-refractivity contribution in [3.05, 3.63) is 29.8 Å². The van der Waals surface area contributed by atoms with E-state index in [-0.39, 0.29) is 6.03 Å². The Bertz CT molecular complexity index is 534. The lowest BCUT2D eigenvalue weighted by Crippen LogP contribution is -2.53. The predicted molar refractivity (Wildman–Crippen MR) is 76.9 cm³/mol. The highest BCUT2D eigenvalue weighted by Gasteiger charge is 2.35. The van der Waals surface area contributed by atoms with Gasteiger partial charge in [-0.1, -0.05) is 39.0 Å². The third kappa shape index (κ3) is 2.76. The second-order valence-corrected chi connectivity index (χ2v) is 6.12. The molecule has 20 heavy (non-hydrogen) atoms. The van der Waals surface area contributed by atoms with Crippen molar-refractivity contribution in [1.29, 1.82) is 0 Å². The molecule has 1 aromatic carbocycles. The van der Waals surface area contributed by atoms with Crippen molar-refractivity contribution >= 4 is 17.7 Å². The Kier molecular flexibility index (Phi) is 3.70. The summed E-state index contributed by atoms with van der Waals surface area (Å²) in [6.45, 7) is 5.97. The first-order valence-corrected chi connectivity index (χ1v) is 6.69. The number of rotatable bonds is 2. The van der Waals surface area contributed by atoms with Crippen LogP contribution in [0.1, 0.15) is 26.3 Å². The Morgan fingerprint density at radius 3 is 2.55 bits per heavy atom. The zero-order valence-electron chi connectivity index (χ0n) is 12.0. The Labute approximate surface area is 118 Å². The average molecular weight is 276 g/mol. The minimum Gasteiger partial charge on any atom is -0.480 e. The van der Waals surface area contributed by atoms with Gasteiger partial charge in [0.2, 0.25) is 0 Å². The highest BCUT2D eigenvalue weighted by atomic mass is 16.4. The van der Waals surface area contributed by atoms with Crippen LogP contribution >= 0.6 is 0 Å². The SMILES string of the molecule is CC(C)(C)C(NC(=O)N1CCc2ccccc21)C(=O)O. The zero-order chi connectivity index (χ0) is 14.9. The Morgan fingerprint density at radius 2 is 1.95 bits per heavy atom. The lowest BCUT2D eigenvalue weighted by atomic mass is 9.87. The first-order chi connectivity index (χ1) is 9.30. The lowest BCUT2D eigenvalue weighted by molar-refractivity contribution is -0.141. The zero-order valence-corrected chi connectivity index (χ0v) is 12.0. The number of hydrogen-bond donors (Lipinski definition) is 2. The molecule has 0 bridgehead atoms. The molecule has 5 heteroatoms. The number of carbonyl (C=O) groups is 2. The van der Waals surface area contributed by atoms with Crippen LogP contribution in [0.4, 0.5) is 10.5 Å². The molecule has 0 saturated heterocycles. The molecule has 0 aliphatic carbocycles. The summed E-state index contributed by atoms with van der Waals surface area (Å²) in [6, 6.07) is 6.42. The van der Waals surface area contributed by atoms with Gasteiger partial charge in [0.05, 0.1) is 0 Å². The molecule has 0 fully saturated rings. The Balaban J connectivity index is 2.15. The molecule has 0 aromatic heterocycles. The van der Waals surface area contributed by atoms with Crippen molar-refractivity contribution in [1.82, 2.24) is 5.32 Å². The minimum absolute atomic E-state index is 0.350. The largest absolute Gasteiger partial charge is 0.480 e. The average Bonchev–Trinajstić information content (AvgIpc) is 2.77. The monoisotopic (exact) mass is 276 g/mol. The van der Waals surface area contributed by atoms with Crippen LogP contribution in [0.5, 0.6) is 0 Å². The number of carboxylic acids is 1. The van der Waals surface area contributed by atoms with Crippen LogP contribution in [0.15, 0.2) is 24.3 Å². The number of benzene rings is 1. The van der Waals surface area contributed by atoms with Gasteiger partial charge in [0.1, 0.15) is 6.04 Å². The number of fused-ring (bicyclic) bond motifs is 1. The fourth-order valence-corrected chi connectivity index (χ4v) is 2.40. The van der Waals surface area contributed by atoms with Crippen LogP contribution in [0.25, 0.3) is 0 Å². The van der Waals surface area contributed by atoms with E-state index in [1.54, 1.807) is 25.7 Å². The van der Waals surface area contributed by atoms with E-state index in [0.717, 1.165) is 17.7 Å². The number of hydrogen-bond acceptors (Lipinski definition) is 2.